The Labute approximate surface area is 130 Å². The molecule has 2 aromatic rings. The Morgan fingerprint density at radius 2 is 1.85 bits per heavy atom. The van der Waals surface area contributed by atoms with Crippen LogP contribution in [0.5, 0.6) is 11.5 Å². The molecule has 0 saturated heterocycles. The fourth-order valence-electron chi connectivity index (χ4n) is 1.89. The Kier molecular flexibility index (Phi) is 4.35. The lowest BCUT2D eigenvalue weighted by molar-refractivity contribution is 0.0694. The van der Waals surface area contributed by atoms with Gasteiger partial charge in [0.1, 0.15) is 17.1 Å². The highest BCUT2D eigenvalue weighted by Crippen LogP contribution is 2.33. The molecule has 3 nitrogen and oxygen atoms in total. The molecular formula is C15H12BrClO3. The molecule has 0 aromatic heterocycles. The van der Waals surface area contributed by atoms with Crippen molar-refractivity contribution in [3.8, 4) is 11.5 Å². The average molecular weight is 356 g/mol. The van der Waals surface area contributed by atoms with Gasteiger partial charge in [-0.05, 0) is 49.2 Å². The highest BCUT2D eigenvalue weighted by molar-refractivity contribution is 9.10. The molecule has 0 spiro atoms. The van der Waals surface area contributed by atoms with Crippen LogP contribution in [0.1, 0.15) is 21.5 Å². The van der Waals surface area contributed by atoms with Crippen LogP contribution in [0, 0.1) is 13.8 Å². The molecule has 1 N–H and O–H groups in total. The van der Waals surface area contributed by atoms with Crippen LogP contribution in [0.4, 0.5) is 0 Å². The molecular weight excluding hydrogens is 344 g/mol. The second-order valence-corrected chi connectivity index (χ2v) is 5.59. The third-order valence-electron chi connectivity index (χ3n) is 2.83. The minimum atomic E-state index is -1.11. The Hall–Kier alpha value is -1.52. The fourth-order valence-corrected chi connectivity index (χ4v) is 2.36. The summed E-state index contributed by atoms with van der Waals surface area (Å²) in [6.07, 6.45) is 0. The molecule has 0 aliphatic carbocycles. The Morgan fingerprint density at radius 3 is 2.40 bits per heavy atom. The third kappa shape index (κ3) is 2.97. The maximum atomic E-state index is 11.2. The molecule has 104 valence electrons. The van der Waals surface area contributed by atoms with Crippen LogP contribution >= 0.6 is 27.5 Å². The van der Waals surface area contributed by atoms with Crippen molar-refractivity contribution < 1.29 is 14.6 Å². The number of hydrogen-bond acceptors (Lipinski definition) is 2. The maximum absolute atomic E-state index is 11.2. The largest absolute Gasteiger partial charge is 0.478 e. The number of aryl methyl sites for hydroxylation is 2. The van der Waals surface area contributed by atoms with Crippen LogP contribution in [0.15, 0.2) is 34.8 Å². The zero-order valence-corrected chi connectivity index (χ0v) is 13.2. The summed E-state index contributed by atoms with van der Waals surface area (Å²) in [5, 5.41) is 9.36. The van der Waals surface area contributed by atoms with Crippen molar-refractivity contribution in [2.75, 3.05) is 0 Å². The lowest BCUT2D eigenvalue weighted by atomic mass is 10.1. The van der Waals surface area contributed by atoms with Crippen molar-refractivity contribution in [2.45, 2.75) is 13.8 Å². The fraction of sp³-hybridized carbons (Fsp3) is 0.133. The quantitative estimate of drug-likeness (QED) is 0.822. The number of carboxylic acid groups (broad SMARTS) is 1. The van der Waals surface area contributed by atoms with Gasteiger partial charge in [0.25, 0.3) is 0 Å². The zero-order chi connectivity index (χ0) is 14.9. The van der Waals surface area contributed by atoms with Crippen molar-refractivity contribution in [3.63, 3.8) is 0 Å². The van der Waals surface area contributed by atoms with E-state index < -0.39 is 5.97 Å². The van der Waals surface area contributed by atoms with Gasteiger partial charge in [-0.1, -0.05) is 33.6 Å². The molecule has 0 bridgehead atoms. The predicted octanol–water partition coefficient (Wildman–Crippen LogP) is 5.21. The SMILES string of the molecule is Cc1cc(Oc2cccc(Cl)c2C(=O)O)cc(C)c1Br. The van der Waals surface area contributed by atoms with E-state index in [1.165, 1.54) is 6.07 Å². The molecule has 0 saturated carbocycles. The first-order valence-corrected chi connectivity index (χ1v) is 7.03. The highest BCUT2D eigenvalue weighted by atomic mass is 79.9. The van der Waals surface area contributed by atoms with Gasteiger partial charge in [-0.3, -0.25) is 0 Å². The van der Waals surface area contributed by atoms with Gasteiger partial charge in [0, 0.05) is 4.47 Å². The molecule has 2 rings (SSSR count). The molecule has 5 heteroatoms. The number of carbonyl (C=O) groups is 1. The number of rotatable bonds is 3. The van der Waals surface area contributed by atoms with Crippen LogP contribution in [0.3, 0.4) is 0 Å². The van der Waals surface area contributed by atoms with Crippen molar-refractivity contribution in [2.24, 2.45) is 0 Å². The van der Waals surface area contributed by atoms with Gasteiger partial charge in [-0.15, -0.1) is 0 Å². The molecule has 0 atom stereocenters. The summed E-state index contributed by atoms with van der Waals surface area (Å²) in [6, 6.07) is 8.44. The van der Waals surface area contributed by atoms with Crippen molar-refractivity contribution in [1.29, 1.82) is 0 Å². The van der Waals surface area contributed by atoms with Gasteiger partial charge in [-0.2, -0.15) is 0 Å². The van der Waals surface area contributed by atoms with E-state index in [2.05, 4.69) is 15.9 Å². The molecule has 0 unspecified atom stereocenters. The number of halogens is 2. The smallest absolute Gasteiger partial charge is 0.341 e. The van der Waals surface area contributed by atoms with Gasteiger partial charge in [0.15, 0.2) is 0 Å². The first kappa shape index (κ1) is 14.9. The summed E-state index contributed by atoms with van der Waals surface area (Å²) in [5.74, 6) is -0.310. The van der Waals surface area contributed by atoms with Crippen LogP contribution in [0.2, 0.25) is 5.02 Å². The van der Waals surface area contributed by atoms with Gasteiger partial charge in [-0.25, -0.2) is 4.79 Å². The van der Waals surface area contributed by atoms with E-state index in [0.29, 0.717) is 5.75 Å². The third-order valence-corrected chi connectivity index (χ3v) is 4.39. The first-order valence-electron chi connectivity index (χ1n) is 5.86. The van der Waals surface area contributed by atoms with Crippen LogP contribution < -0.4 is 4.74 Å². The predicted molar refractivity (Wildman–Crippen MR) is 82.1 cm³/mol. The van der Waals surface area contributed by atoms with E-state index in [0.717, 1.165) is 15.6 Å². The molecule has 2 aromatic carbocycles. The number of benzene rings is 2. The second kappa shape index (κ2) is 5.85. The number of carboxylic acids is 1. The average Bonchev–Trinajstić information content (AvgIpc) is 2.35. The monoisotopic (exact) mass is 354 g/mol. The summed E-state index contributed by atoms with van der Waals surface area (Å²) in [5.41, 5.74) is 1.99. The normalized spacial score (nSPS) is 10.4. The van der Waals surface area contributed by atoms with E-state index in [4.69, 9.17) is 16.3 Å². The molecule has 0 heterocycles. The Bertz CT molecular complexity index is 660. The summed E-state index contributed by atoms with van der Waals surface area (Å²) in [7, 11) is 0. The molecule has 0 radical (unpaired) electrons. The van der Waals surface area contributed by atoms with E-state index in [1.807, 2.05) is 26.0 Å². The number of aromatic carboxylic acids is 1. The van der Waals surface area contributed by atoms with Crippen molar-refractivity contribution in [1.82, 2.24) is 0 Å². The van der Waals surface area contributed by atoms with Crippen LogP contribution in [-0.4, -0.2) is 11.1 Å². The molecule has 0 fully saturated rings. The first-order chi connectivity index (χ1) is 9.40. The standard InChI is InChI=1S/C15H12BrClO3/c1-8-6-10(7-9(2)14(8)16)20-12-5-3-4-11(17)13(12)15(18)19/h3-7H,1-2H3,(H,18,19). The van der Waals surface area contributed by atoms with E-state index in [9.17, 15) is 9.90 Å². The van der Waals surface area contributed by atoms with Crippen LogP contribution in [0.25, 0.3) is 0 Å². The van der Waals surface area contributed by atoms with Gasteiger partial charge in [0.05, 0.1) is 5.02 Å². The van der Waals surface area contributed by atoms with E-state index in [1.54, 1.807) is 12.1 Å². The number of hydrogen-bond donors (Lipinski definition) is 1. The second-order valence-electron chi connectivity index (χ2n) is 4.39. The summed E-state index contributed by atoms with van der Waals surface area (Å²) < 4.78 is 6.69. The minimum absolute atomic E-state index is 0.0348. The maximum Gasteiger partial charge on any atom is 0.341 e. The minimum Gasteiger partial charge on any atom is -0.478 e. The van der Waals surface area contributed by atoms with Gasteiger partial charge < -0.3 is 9.84 Å². The zero-order valence-electron chi connectivity index (χ0n) is 10.9. The lowest BCUT2D eigenvalue weighted by Gasteiger charge is -2.12. The molecule has 0 aliphatic rings. The number of ether oxygens (including phenoxy) is 1. The van der Waals surface area contributed by atoms with Crippen LogP contribution in [-0.2, 0) is 0 Å². The lowest BCUT2D eigenvalue weighted by Crippen LogP contribution is -2.01. The van der Waals surface area contributed by atoms with E-state index >= 15 is 0 Å². The molecule has 0 aliphatic heterocycles. The summed E-state index contributed by atoms with van der Waals surface area (Å²) >= 11 is 9.39. The Balaban J connectivity index is 2.45. The Morgan fingerprint density at radius 1 is 1.25 bits per heavy atom. The molecule has 20 heavy (non-hydrogen) atoms. The highest BCUT2D eigenvalue weighted by Gasteiger charge is 2.16. The van der Waals surface area contributed by atoms with Gasteiger partial charge >= 0.3 is 5.97 Å². The summed E-state index contributed by atoms with van der Waals surface area (Å²) in [4.78, 5) is 11.2. The van der Waals surface area contributed by atoms with E-state index in [-0.39, 0.29) is 16.3 Å². The van der Waals surface area contributed by atoms with Crippen molar-refractivity contribution >= 4 is 33.5 Å². The molecule has 0 amide bonds. The van der Waals surface area contributed by atoms with Crippen molar-refractivity contribution in [3.05, 3.63) is 56.5 Å². The topological polar surface area (TPSA) is 46.5 Å². The van der Waals surface area contributed by atoms with Gasteiger partial charge in [0.2, 0.25) is 0 Å². The summed E-state index contributed by atoms with van der Waals surface area (Å²) in [6.45, 7) is 3.89.